The standard InChI is InChI=1S/C12H28OSi2/c1-12(2,3)15(7,8)11(9-10-13)14(4,5)6/h9,13H,10H2,1-8H3/b11-9-. The highest BCUT2D eigenvalue weighted by atomic mass is 28.4. The van der Waals surface area contributed by atoms with Crippen molar-refractivity contribution in [1.82, 2.24) is 0 Å². The largest absolute Gasteiger partial charge is 0.392 e. The predicted molar refractivity (Wildman–Crippen MR) is 75.7 cm³/mol. The minimum absolute atomic E-state index is 0.201. The highest BCUT2D eigenvalue weighted by Crippen LogP contribution is 2.43. The summed E-state index contributed by atoms with van der Waals surface area (Å²) in [5, 5.41) is 9.57. The van der Waals surface area contributed by atoms with Crippen LogP contribution in [-0.2, 0) is 0 Å². The molecule has 0 heterocycles. The lowest BCUT2D eigenvalue weighted by molar-refractivity contribution is 0.342. The van der Waals surface area contributed by atoms with Crippen LogP contribution in [0.2, 0.25) is 37.8 Å². The van der Waals surface area contributed by atoms with Gasteiger partial charge in [-0.05, 0) is 5.04 Å². The molecule has 0 fully saturated rings. The van der Waals surface area contributed by atoms with Crippen molar-refractivity contribution >= 4 is 16.1 Å². The molecule has 0 aromatic heterocycles. The Balaban J connectivity index is 5.39. The van der Waals surface area contributed by atoms with Gasteiger partial charge in [0.2, 0.25) is 0 Å². The average molecular weight is 245 g/mol. The predicted octanol–water partition coefficient (Wildman–Crippen LogP) is 3.83. The molecule has 0 aromatic carbocycles. The van der Waals surface area contributed by atoms with E-state index in [0.29, 0.717) is 5.04 Å². The van der Waals surface area contributed by atoms with E-state index in [4.69, 9.17) is 0 Å². The van der Waals surface area contributed by atoms with Gasteiger partial charge >= 0.3 is 0 Å². The Morgan fingerprint density at radius 1 is 1.07 bits per heavy atom. The molecule has 3 heteroatoms. The maximum atomic E-state index is 9.20. The van der Waals surface area contributed by atoms with Crippen molar-refractivity contribution in [3.63, 3.8) is 0 Å². The summed E-state index contributed by atoms with van der Waals surface area (Å²) in [4.78, 5) is 1.62. The molecule has 0 unspecified atom stereocenters. The van der Waals surface area contributed by atoms with Gasteiger partial charge in [0.1, 0.15) is 0 Å². The normalized spacial score (nSPS) is 15.7. The Hall–Kier alpha value is 0.134. The molecular weight excluding hydrogens is 216 g/mol. The van der Waals surface area contributed by atoms with Gasteiger partial charge in [0.25, 0.3) is 0 Å². The van der Waals surface area contributed by atoms with Crippen LogP contribution in [0.3, 0.4) is 0 Å². The molecule has 0 aliphatic carbocycles. The lowest BCUT2D eigenvalue weighted by Crippen LogP contribution is -2.48. The van der Waals surface area contributed by atoms with Gasteiger partial charge in [0.05, 0.1) is 22.8 Å². The lowest BCUT2D eigenvalue weighted by atomic mass is 10.2. The van der Waals surface area contributed by atoms with Crippen LogP contribution in [0.1, 0.15) is 20.8 Å². The summed E-state index contributed by atoms with van der Waals surface area (Å²) in [7, 11) is -2.72. The van der Waals surface area contributed by atoms with Gasteiger partial charge < -0.3 is 5.11 Å². The minimum atomic E-state index is -1.43. The van der Waals surface area contributed by atoms with E-state index in [0.717, 1.165) is 0 Å². The third-order valence-corrected chi connectivity index (χ3v) is 14.9. The van der Waals surface area contributed by atoms with Crippen molar-refractivity contribution in [2.45, 2.75) is 58.5 Å². The first kappa shape index (κ1) is 15.1. The molecule has 0 aliphatic heterocycles. The first-order valence-corrected chi connectivity index (χ1v) is 12.3. The van der Waals surface area contributed by atoms with Crippen molar-refractivity contribution in [3.8, 4) is 0 Å². The number of aliphatic hydroxyl groups excluding tert-OH is 1. The van der Waals surface area contributed by atoms with E-state index in [2.05, 4.69) is 59.6 Å². The second kappa shape index (κ2) is 4.56. The fourth-order valence-corrected chi connectivity index (χ4v) is 12.7. The molecule has 0 aromatic rings. The van der Waals surface area contributed by atoms with Gasteiger partial charge in [-0.2, -0.15) is 0 Å². The summed E-state index contributed by atoms with van der Waals surface area (Å²) in [6.07, 6.45) is 2.10. The summed E-state index contributed by atoms with van der Waals surface area (Å²) in [5.41, 5.74) is 0. The van der Waals surface area contributed by atoms with E-state index in [1.807, 2.05) is 0 Å². The van der Waals surface area contributed by atoms with Gasteiger partial charge in [-0.15, -0.1) is 0 Å². The van der Waals surface area contributed by atoms with E-state index in [9.17, 15) is 5.11 Å². The quantitative estimate of drug-likeness (QED) is 0.748. The van der Waals surface area contributed by atoms with Crippen molar-refractivity contribution in [1.29, 1.82) is 0 Å². The van der Waals surface area contributed by atoms with Crippen LogP contribution in [0.25, 0.3) is 0 Å². The molecule has 0 rings (SSSR count). The second-order valence-corrected chi connectivity index (χ2v) is 17.8. The van der Waals surface area contributed by atoms with Crippen molar-refractivity contribution in [3.05, 3.63) is 10.9 Å². The Labute approximate surface area is 97.6 Å². The molecule has 0 spiro atoms. The first-order chi connectivity index (χ1) is 6.44. The van der Waals surface area contributed by atoms with Gasteiger partial charge in [-0.3, -0.25) is 0 Å². The molecule has 0 radical (unpaired) electrons. The van der Waals surface area contributed by atoms with E-state index < -0.39 is 16.1 Å². The Morgan fingerprint density at radius 3 is 1.67 bits per heavy atom. The Kier molecular flexibility index (Phi) is 4.60. The fourth-order valence-electron chi connectivity index (χ4n) is 1.99. The highest BCUT2D eigenvalue weighted by molar-refractivity contribution is 7.06. The second-order valence-electron chi connectivity index (χ2n) is 6.93. The minimum Gasteiger partial charge on any atom is -0.392 e. The lowest BCUT2D eigenvalue weighted by Gasteiger charge is -2.44. The van der Waals surface area contributed by atoms with Crippen molar-refractivity contribution in [2.75, 3.05) is 6.61 Å². The molecule has 0 saturated heterocycles. The molecule has 0 amide bonds. The molecular formula is C12H28OSi2. The van der Waals surface area contributed by atoms with Crippen LogP contribution in [0.15, 0.2) is 10.9 Å². The van der Waals surface area contributed by atoms with Crippen LogP contribution in [0.4, 0.5) is 0 Å². The number of aliphatic hydroxyl groups is 1. The van der Waals surface area contributed by atoms with Crippen LogP contribution in [0.5, 0.6) is 0 Å². The maximum Gasteiger partial charge on any atom is 0.0762 e. The fraction of sp³-hybridized carbons (Fsp3) is 0.833. The van der Waals surface area contributed by atoms with E-state index >= 15 is 0 Å². The third kappa shape index (κ3) is 3.57. The van der Waals surface area contributed by atoms with Crippen molar-refractivity contribution in [2.24, 2.45) is 0 Å². The number of hydrogen-bond donors (Lipinski definition) is 1. The smallest absolute Gasteiger partial charge is 0.0762 e. The zero-order valence-electron chi connectivity index (χ0n) is 11.7. The molecule has 90 valence electrons. The highest BCUT2D eigenvalue weighted by Gasteiger charge is 2.42. The van der Waals surface area contributed by atoms with Gasteiger partial charge in [0.15, 0.2) is 0 Å². The van der Waals surface area contributed by atoms with Crippen LogP contribution in [0, 0.1) is 0 Å². The van der Waals surface area contributed by atoms with E-state index in [1.165, 1.54) is 0 Å². The van der Waals surface area contributed by atoms with Gasteiger partial charge in [-0.1, -0.05) is 64.4 Å². The summed E-state index contributed by atoms with van der Waals surface area (Å²) >= 11 is 0. The topological polar surface area (TPSA) is 20.2 Å². The van der Waals surface area contributed by atoms with Crippen LogP contribution < -0.4 is 0 Å². The third-order valence-electron chi connectivity index (χ3n) is 3.65. The summed E-state index contributed by atoms with van der Waals surface area (Å²) in [5.74, 6) is 0. The maximum absolute atomic E-state index is 9.20. The molecule has 0 bridgehead atoms. The zero-order chi connectivity index (χ0) is 12.5. The molecule has 0 saturated carbocycles. The first-order valence-electron chi connectivity index (χ1n) is 5.76. The molecule has 15 heavy (non-hydrogen) atoms. The Bertz CT molecular complexity index is 241. The molecule has 1 nitrogen and oxygen atoms in total. The van der Waals surface area contributed by atoms with Crippen LogP contribution in [-0.4, -0.2) is 27.9 Å². The average Bonchev–Trinajstić information content (AvgIpc) is 1.95. The number of hydrogen-bond acceptors (Lipinski definition) is 1. The summed E-state index contributed by atoms with van der Waals surface area (Å²) in [6.45, 7) is 19.2. The monoisotopic (exact) mass is 244 g/mol. The van der Waals surface area contributed by atoms with E-state index in [1.54, 1.807) is 4.82 Å². The summed E-state index contributed by atoms with van der Waals surface area (Å²) in [6, 6.07) is 0. The van der Waals surface area contributed by atoms with Gasteiger partial charge in [-0.25, -0.2) is 0 Å². The van der Waals surface area contributed by atoms with Crippen molar-refractivity contribution < 1.29 is 5.11 Å². The number of rotatable bonds is 3. The Morgan fingerprint density at radius 2 is 1.47 bits per heavy atom. The molecule has 1 N–H and O–H groups in total. The van der Waals surface area contributed by atoms with E-state index in [-0.39, 0.29) is 6.61 Å². The molecule has 0 atom stereocenters. The zero-order valence-corrected chi connectivity index (χ0v) is 13.7. The summed E-state index contributed by atoms with van der Waals surface area (Å²) < 4.78 is 0. The SMILES string of the molecule is CC(C)(C)[Si](C)(C)/C(=C\CO)[Si](C)(C)C. The van der Waals surface area contributed by atoms with Crippen LogP contribution >= 0.6 is 0 Å². The van der Waals surface area contributed by atoms with Gasteiger partial charge in [0, 0.05) is 0 Å². The molecule has 0 aliphatic rings.